The van der Waals surface area contributed by atoms with Gasteiger partial charge in [0.05, 0.1) is 5.70 Å². The first-order valence-electron chi connectivity index (χ1n) is 9.70. The van der Waals surface area contributed by atoms with Crippen LogP contribution in [0.2, 0.25) is 0 Å². The smallest absolute Gasteiger partial charge is 0.118 e. The van der Waals surface area contributed by atoms with Crippen LogP contribution in [-0.2, 0) is 14.6 Å². The topological polar surface area (TPSA) is 44.4 Å². The van der Waals surface area contributed by atoms with Crippen molar-refractivity contribution in [3.05, 3.63) is 59.5 Å². The number of hydrogen-bond acceptors (Lipinski definition) is 6. The summed E-state index contributed by atoms with van der Waals surface area (Å²) in [6.07, 6.45) is 5.37. The largest absolute Gasteiger partial charge is 0.457 e. The Labute approximate surface area is 178 Å². The lowest BCUT2D eigenvalue weighted by molar-refractivity contribution is 0.277. The molecule has 1 atom stereocenters. The van der Waals surface area contributed by atoms with Gasteiger partial charge in [-0.2, -0.15) is 4.86 Å². The van der Waals surface area contributed by atoms with Gasteiger partial charge in [-0.3, -0.25) is 0 Å². The van der Waals surface area contributed by atoms with Gasteiger partial charge >= 0.3 is 0 Å². The molecule has 5 rings (SSSR count). The molecule has 2 N–H and O–H groups in total. The van der Waals surface area contributed by atoms with Crippen LogP contribution >= 0.6 is 11.3 Å². The third kappa shape index (κ3) is 3.48. The minimum atomic E-state index is -0.957. The maximum Gasteiger partial charge on any atom is 0.118 e. The maximum absolute atomic E-state index is 12.5. The van der Waals surface area contributed by atoms with Gasteiger partial charge in [0, 0.05) is 33.8 Å². The van der Waals surface area contributed by atoms with E-state index in [1.54, 1.807) is 11.3 Å². The Hall–Kier alpha value is -2.22. The third-order valence-electron chi connectivity index (χ3n) is 5.52. The monoisotopic (exact) mass is 418 g/mol. The number of anilines is 1. The van der Waals surface area contributed by atoms with Crippen molar-refractivity contribution >= 4 is 61.4 Å². The molecule has 1 aliphatic heterocycles. The molecule has 0 spiro atoms. The highest BCUT2D eigenvalue weighted by Crippen LogP contribution is 2.31. The number of hydrogen-bond donors (Lipinski definition) is 2. The second-order valence-electron chi connectivity index (χ2n) is 7.45. The van der Waals surface area contributed by atoms with E-state index in [1.807, 2.05) is 48.5 Å². The fourth-order valence-corrected chi connectivity index (χ4v) is 6.04. The molecule has 2 heterocycles. The normalized spacial score (nSPS) is 19.3. The quantitative estimate of drug-likeness (QED) is 0.386. The third-order valence-corrected chi connectivity index (χ3v) is 8.19. The van der Waals surface area contributed by atoms with Crippen LogP contribution in [0.4, 0.5) is 5.69 Å². The number of nitrogens with one attached hydrogen (secondary N) is 2. The van der Waals surface area contributed by atoms with Crippen molar-refractivity contribution in [3.63, 3.8) is 0 Å². The average molecular weight is 418 g/mol. The van der Waals surface area contributed by atoms with Gasteiger partial charge in [0.2, 0.25) is 0 Å². The fraction of sp³-hybridized carbons (Fsp3) is 0.227. The number of hydrazine groups is 1. The second-order valence-corrected chi connectivity index (χ2v) is 9.92. The van der Waals surface area contributed by atoms with Gasteiger partial charge in [-0.05, 0) is 24.6 Å². The van der Waals surface area contributed by atoms with E-state index in [2.05, 4.69) is 28.3 Å². The Morgan fingerprint density at radius 3 is 2.72 bits per heavy atom. The highest BCUT2D eigenvalue weighted by molar-refractivity contribution is 7.85. The van der Waals surface area contributed by atoms with Crippen molar-refractivity contribution in [2.45, 2.75) is 30.3 Å². The maximum atomic E-state index is 12.5. The van der Waals surface area contributed by atoms with Crippen LogP contribution in [0, 0.1) is 0 Å². The molecule has 1 aromatic heterocycles. The highest BCUT2D eigenvalue weighted by atomic mass is 32.2. The lowest BCUT2D eigenvalue weighted by Crippen LogP contribution is -2.39. The number of thiophene rings is 1. The van der Waals surface area contributed by atoms with Gasteiger partial charge < -0.3 is 15.0 Å². The SMILES string of the molecule is [B]c1cccc2c(C3=CC(Nc4ccc([S-](=O)=C5CCC5)cc4)N(C)N3)csc12. The molecule has 0 bridgehead atoms. The Balaban J connectivity index is 1.37. The Bertz CT molecular complexity index is 1190. The van der Waals surface area contributed by atoms with E-state index in [0.29, 0.717) is 0 Å². The number of likely N-dealkylation sites (N-methyl/N-ethyl adjacent to an activating group) is 1. The van der Waals surface area contributed by atoms with E-state index in [-0.39, 0.29) is 6.17 Å². The zero-order valence-electron chi connectivity index (χ0n) is 16.1. The molecule has 0 saturated heterocycles. The number of nitrogens with zero attached hydrogens (tertiary/aromatic N) is 1. The van der Waals surface area contributed by atoms with Crippen molar-refractivity contribution in [1.29, 1.82) is 0 Å². The minimum Gasteiger partial charge on any atom is -0.457 e. The van der Waals surface area contributed by atoms with Crippen molar-refractivity contribution in [3.8, 4) is 0 Å². The summed E-state index contributed by atoms with van der Waals surface area (Å²) in [4.78, 5) is 2.06. The first-order valence-corrected chi connectivity index (χ1v) is 11.7. The predicted octanol–water partition coefficient (Wildman–Crippen LogP) is 3.60. The summed E-state index contributed by atoms with van der Waals surface area (Å²) >= 11 is 1.67. The second kappa shape index (κ2) is 7.56. The number of benzene rings is 2. The van der Waals surface area contributed by atoms with Crippen LogP contribution in [0.15, 0.2) is 58.8 Å². The summed E-state index contributed by atoms with van der Waals surface area (Å²) in [5, 5.41) is 8.89. The van der Waals surface area contributed by atoms with Gasteiger partial charge in [0.1, 0.15) is 14.0 Å². The summed E-state index contributed by atoms with van der Waals surface area (Å²) in [6.45, 7) is 0. The van der Waals surface area contributed by atoms with E-state index in [4.69, 9.17) is 7.85 Å². The molecule has 4 nitrogen and oxygen atoms in total. The molecule has 2 aliphatic rings. The summed E-state index contributed by atoms with van der Waals surface area (Å²) in [5.74, 6) is 0. The van der Waals surface area contributed by atoms with Crippen LogP contribution in [0.1, 0.15) is 24.8 Å². The molecule has 29 heavy (non-hydrogen) atoms. The zero-order chi connectivity index (χ0) is 20.0. The molecule has 2 aromatic carbocycles. The predicted molar refractivity (Wildman–Crippen MR) is 125 cm³/mol. The Morgan fingerprint density at radius 2 is 2.00 bits per heavy atom. The molecule has 1 unspecified atom stereocenters. The van der Waals surface area contributed by atoms with Crippen molar-refractivity contribution < 1.29 is 4.21 Å². The molecule has 1 aliphatic carbocycles. The van der Waals surface area contributed by atoms with E-state index in [0.717, 1.165) is 44.8 Å². The molecule has 1 saturated carbocycles. The number of fused-ring (bicyclic) bond motifs is 1. The summed E-state index contributed by atoms with van der Waals surface area (Å²) in [5.41, 5.74) is 7.50. The van der Waals surface area contributed by atoms with Gasteiger partial charge in [-0.15, -0.1) is 16.2 Å². The standard InChI is InChI=1S/C22H21BN3OS2/c1-26-21(24-14-8-10-16(11-9-14)29(27)15-4-2-5-15)12-20(25-26)18-13-28-22-17(18)6-3-7-19(22)23/h3,6-13,21,24-25H,2,4-5H2,1H3/q-1. The van der Waals surface area contributed by atoms with E-state index in [9.17, 15) is 4.21 Å². The molecular weight excluding hydrogens is 397 g/mol. The van der Waals surface area contributed by atoms with Crippen LogP contribution in [0.3, 0.4) is 0 Å². The first kappa shape index (κ1) is 18.8. The summed E-state index contributed by atoms with van der Waals surface area (Å²) in [7, 11) is 7.17. The highest BCUT2D eigenvalue weighted by Gasteiger charge is 2.23. The van der Waals surface area contributed by atoms with Crippen LogP contribution < -0.4 is 16.2 Å². The molecule has 1 fully saturated rings. The molecule has 2 radical (unpaired) electrons. The lowest BCUT2D eigenvalue weighted by Gasteiger charge is -2.25. The Morgan fingerprint density at radius 1 is 1.21 bits per heavy atom. The van der Waals surface area contributed by atoms with Crippen LogP contribution in [0.5, 0.6) is 0 Å². The van der Waals surface area contributed by atoms with Crippen molar-refractivity contribution in [1.82, 2.24) is 10.4 Å². The van der Waals surface area contributed by atoms with Crippen molar-refractivity contribution in [2.24, 2.45) is 0 Å². The lowest BCUT2D eigenvalue weighted by atomic mass is 9.94. The van der Waals surface area contributed by atoms with Gasteiger partial charge in [-0.1, -0.05) is 48.6 Å². The first-order chi connectivity index (χ1) is 14.1. The molecule has 0 amide bonds. The minimum absolute atomic E-state index is 0.0124. The summed E-state index contributed by atoms with van der Waals surface area (Å²) in [6, 6.07) is 14.0. The van der Waals surface area contributed by atoms with E-state index >= 15 is 0 Å². The van der Waals surface area contributed by atoms with Crippen LogP contribution in [0.25, 0.3) is 15.8 Å². The average Bonchev–Trinajstić information content (AvgIpc) is 3.25. The van der Waals surface area contributed by atoms with E-state index < -0.39 is 10.4 Å². The molecule has 146 valence electrons. The Kier molecular flexibility index (Phi) is 4.90. The van der Waals surface area contributed by atoms with Crippen molar-refractivity contribution in [2.75, 3.05) is 12.4 Å². The molecular formula is C22H21BN3OS2-. The van der Waals surface area contributed by atoms with Crippen LogP contribution in [-0.4, -0.2) is 30.9 Å². The van der Waals surface area contributed by atoms with Gasteiger partial charge in [0.15, 0.2) is 0 Å². The zero-order valence-corrected chi connectivity index (χ0v) is 17.8. The molecule has 3 aromatic rings. The van der Waals surface area contributed by atoms with Gasteiger partial charge in [-0.25, -0.2) is 15.4 Å². The van der Waals surface area contributed by atoms with E-state index in [1.165, 1.54) is 16.7 Å². The molecule has 7 heteroatoms. The van der Waals surface area contributed by atoms with Gasteiger partial charge in [0.25, 0.3) is 0 Å². The number of rotatable bonds is 4. The summed E-state index contributed by atoms with van der Waals surface area (Å²) < 4.78 is 13.6. The fourth-order valence-electron chi connectivity index (χ4n) is 3.66.